The quantitative estimate of drug-likeness (QED) is 0.605. The molecule has 1 aromatic rings. The van der Waals surface area contributed by atoms with Gasteiger partial charge in [0, 0.05) is 18.2 Å². The third kappa shape index (κ3) is 1.36. The first-order chi connectivity index (χ1) is 8.63. The van der Waals surface area contributed by atoms with Crippen molar-refractivity contribution in [2.24, 2.45) is 0 Å². The number of carbonyl (C=O) groups excluding carboxylic acids is 1. The van der Waals surface area contributed by atoms with Crippen molar-refractivity contribution in [1.29, 1.82) is 0 Å². The highest BCUT2D eigenvalue weighted by Crippen LogP contribution is 2.47. The van der Waals surface area contributed by atoms with Crippen LogP contribution >= 0.6 is 0 Å². The molecule has 5 heteroatoms. The van der Waals surface area contributed by atoms with E-state index >= 15 is 0 Å². The number of hydrogen-bond donors (Lipinski definition) is 1. The topological polar surface area (TPSA) is 59.0 Å². The highest BCUT2D eigenvalue weighted by Gasteiger charge is 2.39. The number of methoxy groups -OCH3 is 1. The lowest BCUT2D eigenvalue weighted by Gasteiger charge is -2.33. The molecule has 1 aromatic carbocycles. The molecule has 0 spiro atoms. The normalized spacial score (nSPS) is 21.3. The fourth-order valence-corrected chi connectivity index (χ4v) is 2.82. The van der Waals surface area contributed by atoms with E-state index in [1.165, 1.54) is 7.11 Å². The minimum atomic E-state index is -0.212. The first-order valence-corrected chi connectivity index (χ1v) is 6.02. The van der Waals surface area contributed by atoms with Crippen LogP contribution in [0.2, 0.25) is 0 Å². The number of esters is 1. The average Bonchev–Trinajstić information content (AvgIpc) is 2.82. The Morgan fingerprint density at radius 1 is 1.56 bits per heavy atom. The van der Waals surface area contributed by atoms with Crippen LogP contribution in [-0.2, 0) is 4.79 Å². The van der Waals surface area contributed by atoms with E-state index in [0.717, 1.165) is 25.1 Å². The number of ether oxygens (including phenoxy) is 2. The first kappa shape index (κ1) is 11.2. The van der Waals surface area contributed by atoms with Gasteiger partial charge >= 0.3 is 5.97 Å². The molecule has 0 aromatic heterocycles. The molecule has 5 nitrogen and oxygen atoms in total. The number of phenolic OH excluding ortho intramolecular Hbond substituents is 1. The molecule has 96 valence electrons. The lowest BCUT2D eigenvalue weighted by Crippen LogP contribution is -2.42. The molecule has 2 aliphatic rings. The van der Waals surface area contributed by atoms with Crippen molar-refractivity contribution in [3.8, 4) is 17.2 Å². The molecule has 0 saturated carbocycles. The van der Waals surface area contributed by atoms with Crippen molar-refractivity contribution in [2.75, 3.05) is 18.6 Å². The van der Waals surface area contributed by atoms with E-state index in [9.17, 15) is 9.90 Å². The van der Waals surface area contributed by atoms with Crippen LogP contribution in [-0.4, -0.2) is 30.8 Å². The maximum Gasteiger partial charge on any atom is 0.334 e. The summed E-state index contributed by atoms with van der Waals surface area (Å²) in [5, 5.41) is 9.94. The van der Waals surface area contributed by atoms with E-state index in [1.807, 2.05) is 4.90 Å². The van der Waals surface area contributed by atoms with Crippen molar-refractivity contribution < 1.29 is 19.4 Å². The Bertz CT molecular complexity index is 526. The molecule has 1 atom stereocenters. The Kier molecular flexibility index (Phi) is 2.36. The van der Waals surface area contributed by atoms with Crippen molar-refractivity contribution >= 4 is 11.7 Å². The lowest BCUT2D eigenvalue weighted by molar-refractivity contribution is -0.136. The fourth-order valence-electron chi connectivity index (χ4n) is 2.82. The molecule has 0 aliphatic carbocycles. The van der Waals surface area contributed by atoms with Crippen molar-refractivity contribution in [1.82, 2.24) is 0 Å². The Balaban J connectivity index is 2.19. The molecular formula is C13H15NO4. The SMILES string of the molecule is COc1c(O)cc2c(c1C)OC(=O)C1CCCN21. The molecule has 1 saturated heterocycles. The smallest absolute Gasteiger partial charge is 0.334 e. The Morgan fingerprint density at radius 3 is 3.06 bits per heavy atom. The number of rotatable bonds is 1. The molecule has 0 radical (unpaired) electrons. The van der Waals surface area contributed by atoms with E-state index in [4.69, 9.17) is 9.47 Å². The number of fused-ring (bicyclic) bond motifs is 3. The number of benzene rings is 1. The fraction of sp³-hybridized carbons (Fsp3) is 0.462. The number of carbonyl (C=O) groups is 1. The van der Waals surface area contributed by atoms with Gasteiger partial charge in [-0.2, -0.15) is 0 Å². The zero-order valence-corrected chi connectivity index (χ0v) is 10.4. The number of phenols is 1. The molecular weight excluding hydrogens is 234 g/mol. The van der Waals surface area contributed by atoms with Crippen molar-refractivity contribution in [2.45, 2.75) is 25.8 Å². The van der Waals surface area contributed by atoms with Crippen molar-refractivity contribution in [3.63, 3.8) is 0 Å². The molecule has 2 aliphatic heterocycles. The summed E-state index contributed by atoms with van der Waals surface area (Å²) in [4.78, 5) is 13.9. The van der Waals surface area contributed by atoms with Crippen LogP contribution in [0.4, 0.5) is 5.69 Å². The molecule has 3 rings (SSSR count). The second-order valence-corrected chi connectivity index (χ2v) is 4.67. The van der Waals surface area contributed by atoms with Crippen LogP contribution in [0, 0.1) is 6.92 Å². The lowest BCUT2D eigenvalue weighted by atomic mass is 10.1. The first-order valence-electron chi connectivity index (χ1n) is 6.02. The van der Waals surface area contributed by atoms with Crippen LogP contribution < -0.4 is 14.4 Å². The summed E-state index contributed by atoms with van der Waals surface area (Å²) in [6, 6.07) is 1.41. The van der Waals surface area contributed by atoms with Crippen molar-refractivity contribution in [3.05, 3.63) is 11.6 Å². The van der Waals surface area contributed by atoms with Gasteiger partial charge in [-0.1, -0.05) is 0 Å². The van der Waals surface area contributed by atoms with Gasteiger partial charge in [0.15, 0.2) is 17.2 Å². The minimum Gasteiger partial charge on any atom is -0.504 e. The summed E-state index contributed by atoms with van der Waals surface area (Å²) < 4.78 is 10.5. The van der Waals surface area contributed by atoms with Gasteiger partial charge in [0.2, 0.25) is 0 Å². The summed E-state index contributed by atoms with van der Waals surface area (Å²) >= 11 is 0. The van der Waals surface area contributed by atoms with Gasteiger partial charge in [-0.05, 0) is 19.8 Å². The summed E-state index contributed by atoms with van der Waals surface area (Å²) in [5.41, 5.74) is 1.44. The van der Waals surface area contributed by atoms with Gasteiger partial charge in [0.1, 0.15) is 6.04 Å². The van der Waals surface area contributed by atoms with E-state index < -0.39 is 0 Å². The summed E-state index contributed by atoms with van der Waals surface area (Å²) in [5.74, 6) is 0.736. The highest BCUT2D eigenvalue weighted by molar-refractivity contribution is 5.90. The predicted molar refractivity (Wildman–Crippen MR) is 65.4 cm³/mol. The summed E-state index contributed by atoms with van der Waals surface area (Å²) in [7, 11) is 1.48. The van der Waals surface area contributed by atoms with E-state index in [0.29, 0.717) is 17.1 Å². The molecule has 18 heavy (non-hydrogen) atoms. The zero-order chi connectivity index (χ0) is 12.9. The zero-order valence-electron chi connectivity index (χ0n) is 10.4. The maximum absolute atomic E-state index is 11.9. The van der Waals surface area contributed by atoms with E-state index in [1.54, 1.807) is 13.0 Å². The number of aromatic hydroxyl groups is 1. The molecule has 1 fully saturated rings. The summed E-state index contributed by atoms with van der Waals surface area (Å²) in [6.45, 7) is 2.60. The predicted octanol–water partition coefficient (Wildman–Crippen LogP) is 1.60. The maximum atomic E-state index is 11.9. The number of anilines is 1. The number of hydrogen-bond acceptors (Lipinski definition) is 5. The van der Waals surface area contributed by atoms with Gasteiger partial charge in [-0.3, -0.25) is 0 Å². The largest absolute Gasteiger partial charge is 0.504 e. The Labute approximate surface area is 105 Å². The van der Waals surface area contributed by atoms with Gasteiger partial charge < -0.3 is 19.5 Å². The minimum absolute atomic E-state index is 0.0809. The average molecular weight is 249 g/mol. The summed E-state index contributed by atoms with van der Waals surface area (Å²) in [6.07, 6.45) is 1.77. The van der Waals surface area contributed by atoms with E-state index in [-0.39, 0.29) is 17.8 Å². The van der Waals surface area contributed by atoms with Crippen LogP contribution in [0.5, 0.6) is 17.2 Å². The second kappa shape index (κ2) is 3.80. The van der Waals surface area contributed by atoms with E-state index in [2.05, 4.69) is 0 Å². The van der Waals surface area contributed by atoms with Gasteiger partial charge in [-0.15, -0.1) is 0 Å². The van der Waals surface area contributed by atoms with Gasteiger partial charge in [0.25, 0.3) is 0 Å². The molecule has 1 unspecified atom stereocenters. The standard InChI is InChI=1S/C13H15NO4/c1-7-11-9(6-10(15)12(7)17-2)14-5-3-4-8(14)13(16)18-11/h6,8,15H,3-5H2,1-2H3. The number of nitrogens with zero attached hydrogens (tertiary/aromatic N) is 1. The van der Waals surface area contributed by atoms with Crippen LogP contribution in [0.1, 0.15) is 18.4 Å². The highest BCUT2D eigenvalue weighted by atomic mass is 16.5. The molecule has 0 bridgehead atoms. The van der Waals surface area contributed by atoms with Crippen LogP contribution in [0.15, 0.2) is 6.07 Å². The molecule has 0 amide bonds. The monoisotopic (exact) mass is 249 g/mol. The molecule has 1 N–H and O–H groups in total. The van der Waals surface area contributed by atoms with Gasteiger partial charge in [-0.25, -0.2) is 4.79 Å². The third-order valence-electron chi connectivity index (χ3n) is 3.66. The van der Waals surface area contributed by atoms with Gasteiger partial charge in [0.05, 0.1) is 12.8 Å². The second-order valence-electron chi connectivity index (χ2n) is 4.67. The Hall–Kier alpha value is -1.91. The third-order valence-corrected chi connectivity index (χ3v) is 3.66. The van der Waals surface area contributed by atoms with Crippen LogP contribution in [0.25, 0.3) is 0 Å². The Morgan fingerprint density at radius 2 is 2.33 bits per heavy atom. The van der Waals surface area contributed by atoms with Crippen LogP contribution in [0.3, 0.4) is 0 Å². The molecule has 2 heterocycles.